The fourth-order valence-corrected chi connectivity index (χ4v) is 2.82. The lowest BCUT2D eigenvalue weighted by molar-refractivity contribution is -0.131. The van der Waals surface area contributed by atoms with Crippen molar-refractivity contribution >= 4 is 51.4 Å². The van der Waals surface area contributed by atoms with Crippen LogP contribution >= 0.6 is 15.9 Å². The summed E-state index contributed by atoms with van der Waals surface area (Å²) in [5.41, 5.74) is 0.880. The van der Waals surface area contributed by atoms with E-state index in [0.717, 1.165) is 9.37 Å². The van der Waals surface area contributed by atoms with Crippen molar-refractivity contribution in [3.63, 3.8) is 0 Å². The molecular weight excluding hydrogens is 402 g/mol. The van der Waals surface area contributed by atoms with Crippen molar-refractivity contribution in [3.8, 4) is 5.75 Å². The quantitative estimate of drug-likeness (QED) is 0.613. The molecule has 7 nitrogen and oxygen atoms in total. The van der Waals surface area contributed by atoms with E-state index in [0.29, 0.717) is 17.1 Å². The van der Waals surface area contributed by atoms with E-state index in [1.54, 1.807) is 36.4 Å². The topological polar surface area (TPSA) is 88.1 Å². The molecule has 1 heterocycles. The molecule has 2 aromatic carbocycles. The third-order valence-corrected chi connectivity index (χ3v) is 4.19. The first-order chi connectivity index (χ1) is 12.5. The number of halogens is 1. The number of imide groups is 2. The smallest absolute Gasteiger partial charge is 0.335 e. The van der Waals surface area contributed by atoms with Gasteiger partial charge in [-0.25, -0.2) is 9.69 Å². The largest absolute Gasteiger partial charge is 0.497 e. The van der Waals surface area contributed by atoms with E-state index in [9.17, 15) is 14.4 Å². The Morgan fingerprint density at radius 3 is 2.65 bits per heavy atom. The molecule has 0 bridgehead atoms. The van der Waals surface area contributed by atoms with Crippen LogP contribution < -0.4 is 15.0 Å². The second-order valence-corrected chi connectivity index (χ2v) is 6.32. The van der Waals surface area contributed by atoms with E-state index < -0.39 is 23.8 Å². The summed E-state index contributed by atoms with van der Waals surface area (Å²) < 4.78 is 5.93. The van der Waals surface area contributed by atoms with Crippen molar-refractivity contribution in [2.75, 3.05) is 12.0 Å². The zero-order valence-electron chi connectivity index (χ0n) is 13.7. The van der Waals surface area contributed by atoms with Crippen LogP contribution in [0, 0.1) is 5.92 Å². The van der Waals surface area contributed by atoms with Gasteiger partial charge < -0.3 is 4.74 Å². The second-order valence-electron chi connectivity index (χ2n) is 5.41. The average Bonchev–Trinajstić information content (AvgIpc) is 2.61. The fourth-order valence-electron chi connectivity index (χ4n) is 2.43. The number of amides is 4. The first kappa shape index (κ1) is 17.8. The predicted molar refractivity (Wildman–Crippen MR) is 99.8 cm³/mol. The van der Waals surface area contributed by atoms with Gasteiger partial charge in [0.05, 0.1) is 18.5 Å². The summed E-state index contributed by atoms with van der Waals surface area (Å²) in [6.07, 6.45) is 1.24. The van der Waals surface area contributed by atoms with Crippen molar-refractivity contribution < 1.29 is 19.1 Å². The van der Waals surface area contributed by atoms with Crippen LogP contribution in [0.25, 0.3) is 0 Å². The zero-order valence-corrected chi connectivity index (χ0v) is 15.3. The molecule has 1 saturated heterocycles. The minimum absolute atomic E-state index is 0.306. The average molecular weight is 416 g/mol. The van der Waals surface area contributed by atoms with Crippen LogP contribution in [-0.4, -0.2) is 31.2 Å². The maximum absolute atomic E-state index is 12.7. The van der Waals surface area contributed by atoms with Crippen LogP contribution in [0.3, 0.4) is 0 Å². The Kier molecular flexibility index (Phi) is 5.13. The van der Waals surface area contributed by atoms with Crippen molar-refractivity contribution in [3.05, 3.63) is 53.0 Å². The molecule has 1 N–H and O–H groups in total. The molecule has 2 aromatic rings. The van der Waals surface area contributed by atoms with Gasteiger partial charge in [-0.05, 0) is 30.3 Å². The van der Waals surface area contributed by atoms with E-state index in [2.05, 4.69) is 26.2 Å². The standard InChI is InChI=1S/C18H14BrN3O4/c1-26-14-7-3-6-13(9-14)22-17(24)15(16(23)21-18(22)25)10-20-12-5-2-4-11(19)8-12/h2-10,15H,1H3,(H,21,23,25)/t15-/m1/s1. The van der Waals surface area contributed by atoms with Gasteiger partial charge in [-0.3, -0.25) is 19.9 Å². The van der Waals surface area contributed by atoms with Gasteiger partial charge in [-0.2, -0.15) is 0 Å². The summed E-state index contributed by atoms with van der Waals surface area (Å²) in [6.45, 7) is 0. The molecule has 0 radical (unpaired) electrons. The van der Waals surface area contributed by atoms with Crippen LogP contribution in [0.4, 0.5) is 16.2 Å². The number of aliphatic imine (C=N–C) groups is 1. The van der Waals surface area contributed by atoms with Crippen molar-refractivity contribution in [2.24, 2.45) is 10.9 Å². The Balaban J connectivity index is 1.90. The first-order valence-corrected chi connectivity index (χ1v) is 8.41. The van der Waals surface area contributed by atoms with Crippen LogP contribution in [-0.2, 0) is 9.59 Å². The highest BCUT2D eigenvalue weighted by atomic mass is 79.9. The molecule has 0 aromatic heterocycles. The van der Waals surface area contributed by atoms with Gasteiger partial charge in [0.15, 0.2) is 5.92 Å². The number of carbonyl (C=O) groups excluding carboxylic acids is 3. The molecule has 0 saturated carbocycles. The summed E-state index contributed by atoms with van der Waals surface area (Å²) >= 11 is 3.33. The minimum Gasteiger partial charge on any atom is -0.497 e. The van der Waals surface area contributed by atoms with Crippen molar-refractivity contribution in [1.82, 2.24) is 5.32 Å². The molecule has 8 heteroatoms. The van der Waals surface area contributed by atoms with Gasteiger partial charge >= 0.3 is 6.03 Å². The molecule has 4 amide bonds. The van der Waals surface area contributed by atoms with E-state index in [1.165, 1.54) is 19.4 Å². The summed E-state index contributed by atoms with van der Waals surface area (Å²) in [7, 11) is 1.48. The molecule has 3 rings (SSSR count). The van der Waals surface area contributed by atoms with Crippen LogP contribution in [0.2, 0.25) is 0 Å². The lowest BCUT2D eigenvalue weighted by Crippen LogP contribution is -2.58. The van der Waals surface area contributed by atoms with Gasteiger partial charge in [0.25, 0.3) is 5.91 Å². The number of nitrogens with zero attached hydrogens (tertiary/aromatic N) is 2. The number of nitrogens with one attached hydrogen (secondary N) is 1. The monoisotopic (exact) mass is 415 g/mol. The van der Waals surface area contributed by atoms with Gasteiger partial charge in [-0.15, -0.1) is 0 Å². The lowest BCUT2D eigenvalue weighted by Gasteiger charge is -2.28. The molecule has 1 aliphatic heterocycles. The molecule has 132 valence electrons. The normalized spacial score (nSPS) is 17.5. The number of barbiturate groups is 1. The molecule has 0 aliphatic carbocycles. The van der Waals surface area contributed by atoms with Gasteiger partial charge in [0.2, 0.25) is 5.91 Å². The third-order valence-electron chi connectivity index (χ3n) is 3.69. The number of carbonyl (C=O) groups is 3. The SMILES string of the molecule is COc1cccc(N2C(=O)NC(=O)[C@@H](C=Nc3cccc(Br)c3)C2=O)c1. The second kappa shape index (κ2) is 7.49. The van der Waals surface area contributed by atoms with Crippen molar-refractivity contribution in [1.29, 1.82) is 0 Å². The van der Waals surface area contributed by atoms with E-state index in [-0.39, 0.29) is 0 Å². The van der Waals surface area contributed by atoms with Crippen LogP contribution in [0.5, 0.6) is 5.75 Å². The number of rotatable bonds is 4. The number of anilines is 1. The highest BCUT2D eigenvalue weighted by Crippen LogP contribution is 2.25. The summed E-state index contributed by atoms with van der Waals surface area (Å²) in [5.74, 6) is -2.11. The molecule has 0 unspecified atom stereocenters. The Morgan fingerprint density at radius 2 is 1.92 bits per heavy atom. The maximum Gasteiger partial charge on any atom is 0.335 e. The fraction of sp³-hybridized carbons (Fsp3) is 0.111. The minimum atomic E-state index is -1.21. The number of benzene rings is 2. The Hall–Kier alpha value is -3.00. The van der Waals surface area contributed by atoms with E-state index in [4.69, 9.17) is 4.74 Å². The molecule has 26 heavy (non-hydrogen) atoms. The summed E-state index contributed by atoms with van der Waals surface area (Å²) in [5, 5.41) is 2.18. The zero-order chi connectivity index (χ0) is 18.7. The van der Waals surface area contributed by atoms with Gasteiger partial charge in [-0.1, -0.05) is 28.1 Å². The number of hydrogen-bond acceptors (Lipinski definition) is 5. The Morgan fingerprint density at radius 1 is 1.15 bits per heavy atom. The number of hydrogen-bond donors (Lipinski definition) is 1. The third kappa shape index (κ3) is 3.65. The predicted octanol–water partition coefficient (Wildman–Crippen LogP) is 3.06. The highest BCUT2D eigenvalue weighted by Gasteiger charge is 2.40. The number of methoxy groups -OCH3 is 1. The van der Waals surface area contributed by atoms with E-state index >= 15 is 0 Å². The summed E-state index contributed by atoms with van der Waals surface area (Å²) in [6, 6.07) is 12.7. The van der Waals surface area contributed by atoms with Gasteiger partial charge in [0, 0.05) is 16.8 Å². The summed E-state index contributed by atoms with van der Waals surface area (Å²) in [4.78, 5) is 42.1. The molecule has 1 atom stereocenters. The molecule has 1 aliphatic rings. The van der Waals surface area contributed by atoms with Gasteiger partial charge in [0.1, 0.15) is 5.75 Å². The van der Waals surface area contributed by atoms with Crippen LogP contribution in [0.15, 0.2) is 58.0 Å². The first-order valence-electron chi connectivity index (χ1n) is 7.62. The van der Waals surface area contributed by atoms with Crippen molar-refractivity contribution in [2.45, 2.75) is 0 Å². The Labute approximate surface area is 157 Å². The molecule has 1 fully saturated rings. The highest BCUT2D eigenvalue weighted by molar-refractivity contribution is 9.10. The molecular formula is C18H14BrN3O4. The lowest BCUT2D eigenvalue weighted by atomic mass is 10.1. The Bertz CT molecular complexity index is 913. The number of ether oxygens (including phenoxy) is 1. The molecule has 0 spiro atoms. The maximum atomic E-state index is 12.7. The number of urea groups is 1. The van der Waals surface area contributed by atoms with E-state index in [1.807, 2.05) is 6.07 Å². The van der Waals surface area contributed by atoms with Crippen LogP contribution in [0.1, 0.15) is 0 Å².